The monoisotopic (exact) mass is 205 g/mol. The molecule has 0 bridgehead atoms. The zero-order valence-corrected chi connectivity index (χ0v) is 8.69. The summed E-state index contributed by atoms with van der Waals surface area (Å²) in [5.41, 5.74) is 5.40. The van der Waals surface area contributed by atoms with Crippen molar-refractivity contribution in [2.24, 2.45) is 10.7 Å². The molecule has 0 amide bonds. The Balaban J connectivity index is 2.56. The Hall–Kier alpha value is -0.780. The Bertz CT molecular complexity index is 317. The van der Waals surface area contributed by atoms with Crippen LogP contribution in [0.3, 0.4) is 0 Å². The van der Waals surface area contributed by atoms with Crippen LogP contribution in [-0.2, 0) is 9.84 Å². The van der Waals surface area contributed by atoms with Crippen molar-refractivity contribution in [1.29, 1.82) is 0 Å². The first-order valence-corrected chi connectivity index (χ1v) is 5.96. The zero-order valence-electron chi connectivity index (χ0n) is 7.87. The summed E-state index contributed by atoms with van der Waals surface area (Å²) >= 11 is 0. The van der Waals surface area contributed by atoms with E-state index < -0.39 is 14.6 Å². The molecule has 1 aliphatic carbocycles. The van der Waals surface area contributed by atoms with Crippen LogP contribution in [0.4, 0.5) is 0 Å². The van der Waals surface area contributed by atoms with Gasteiger partial charge in [0.15, 0.2) is 15.8 Å². The molecule has 5 nitrogen and oxygen atoms in total. The number of nitrogens with one attached hydrogen (secondary N) is 1. The lowest BCUT2D eigenvalue weighted by Crippen LogP contribution is -2.41. The van der Waals surface area contributed by atoms with Gasteiger partial charge in [0, 0.05) is 19.8 Å². The molecular formula is C7H15N3O2S. The molecule has 0 aromatic rings. The van der Waals surface area contributed by atoms with E-state index in [1.165, 1.54) is 6.26 Å². The van der Waals surface area contributed by atoms with Crippen molar-refractivity contribution in [2.45, 2.75) is 17.6 Å². The Labute approximate surface area is 78.3 Å². The fraction of sp³-hybridized carbons (Fsp3) is 0.857. The van der Waals surface area contributed by atoms with Crippen LogP contribution in [0, 0.1) is 0 Å². The summed E-state index contributed by atoms with van der Waals surface area (Å²) in [6.45, 7) is 0.370. The highest BCUT2D eigenvalue weighted by atomic mass is 32.2. The number of hydrogen-bond donors (Lipinski definition) is 2. The lowest BCUT2D eigenvalue weighted by atomic mass is 10.4. The van der Waals surface area contributed by atoms with Crippen LogP contribution in [0.25, 0.3) is 0 Å². The van der Waals surface area contributed by atoms with E-state index in [4.69, 9.17) is 5.73 Å². The largest absolute Gasteiger partial charge is 0.370 e. The van der Waals surface area contributed by atoms with Crippen molar-refractivity contribution in [3.05, 3.63) is 0 Å². The molecule has 0 spiro atoms. The first-order chi connectivity index (χ1) is 5.91. The van der Waals surface area contributed by atoms with Gasteiger partial charge in [-0.2, -0.15) is 0 Å². The van der Waals surface area contributed by atoms with Crippen molar-refractivity contribution in [2.75, 3.05) is 19.8 Å². The maximum Gasteiger partial charge on any atom is 0.188 e. The van der Waals surface area contributed by atoms with Crippen molar-refractivity contribution in [3.8, 4) is 0 Å². The summed E-state index contributed by atoms with van der Waals surface area (Å²) in [7, 11) is -1.41. The van der Waals surface area contributed by atoms with Gasteiger partial charge in [-0.1, -0.05) is 0 Å². The average Bonchev–Trinajstić information content (AvgIpc) is 2.79. The smallest absolute Gasteiger partial charge is 0.188 e. The molecule has 1 rings (SSSR count). The second-order valence-corrected chi connectivity index (χ2v) is 5.83. The fourth-order valence-electron chi connectivity index (χ4n) is 1.15. The number of aliphatic imine (C=N–C) groups is 1. The van der Waals surface area contributed by atoms with Crippen LogP contribution in [0.1, 0.15) is 12.8 Å². The molecule has 1 fully saturated rings. The topological polar surface area (TPSA) is 84.5 Å². The highest BCUT2D eigenvalue weighted by molar-refractivity contribution is 7.92. The number of nitrogens with two attached hydrogens (primary N) is 1. The Morgan fingerprint density at radius 2 is 2.15 bits per heavy atom. The number of guanidine groups is 1. The van der Waals surface area contributed by atoms with Gasteiger partial charge in [-0.05, 0) is 12.8 Å². The van der Waals surface area contributed by atoms with E-state index in [2.05, 4.69) is 10.3 Å². The lowest BCUT2D eigenvalue weighted by Gasteiger charge is -2.13. The van der Waals surface area contributed by atoms with Crippen LogP contribution in [0.15, 0.2) is 4.99 Å². The Kier molecular flexibility index (Phi) is 2.51. The number of sulfone groups is 1. The molecule has 0 unspecified atom stereocenters. The van der Waals surface area contributed by atoms with Gasteiger partial charge in [0.05, 0.1) is 4.75 Å². The minimum Gasteiger partial charge on any atom is -0.370 e. The molecule has 0 aliphatic heterocycles. The van der Waals surface area contributed by atoms with Gasteiger partial charge in [0.2, 0.25) is 0 Å². The second-order valence-electron chi connectivity index (χ2n) is 3.42. The standard InChI is InChI=1S/C7H15N3O2S/c1-9-6(8)10-5-7(3-4-7)13(2,11)12/h3-5H2,1-2H3,(H3,8,9,10). The molecule has 1 saturated carbocycles. The zero-order chi connectivity index (χ0) is 10.1. The van der Waals surface area contributed by atoms with Crippen molar-refractivity contribution < 1.29 is 8.42 Å². The number of rotatable bonds is 3. The van der Waals surface area contributed by atoms with Crippen LogP contribution in [0.5, 0.6) is 0 Å². The van der Waals surface area contributed by atoms with Crippen LogP contribution in [0.2, 0.25) is 0 Å². The van der Waals surface area contributed by atoms with E-state index in [1.807, 2.05) is 0 Å². The van der Waals surface area contributed by atoms with Crippen LogP contribution >= 0.6 is 0 Å². The van der Waals surface area contributed by atoms with E-state index in [0.717, 1.165) is 12.8 Å². The van der Waals surface area contributed by atoms with E-state index in [0.29, 0.717) is 6.54 Å². The van der Waals surface area contributed by atoms with Crippen molar-refractivity contribution in [3.63, 3.8) is 0 Å². The van der Waals surface area contributed by atoms with E-state index in [1.54, 1.807) is 7.05 Å². The number of nitrogens with zero attached hydrogens (tertiary/aromatic N) is 1. The molecule has 6 heteroatoms. The highest BCUT2D eigenvalue weighted by Gasteiger charge is 2.51. The minimum atomic E-state index is -2.97. The molecule has 0 aromatic heterocycles. The molecule has 13 heavy (non-hydrogen) atoms. The number of hydrogen-bond acceptors (Lipinski definition) is 3. The second kappa shape index (κ2) is 3.17. The normalized spacial score (nSPS) is 21.2. The molecular weight excluding hydrogens is 190 g/mol. The Morgan fingerprint density at radius 1 is 1.62 bits per heavy atom. The van der Waals surface area contributed by atoms with Crippen LogP contribution in [-0.4, -0.2) is 39.0 Å². The summed E-state index contributed by atoms with van der Waals surface area (Å²) in [5.74, 6) is 0.287. The van der Waals surface area contributed by atoms with Gasteiger partial charge in [0.25, 0.3) is 0 Å². The first-order valence-electron chi connectivity index (χ1n) is 4.07. The van der Waals surface area contributed by atoms with Gasteiger partial charge in [-0.25, -0.2) is 8.42 Å². The fourth-order valence-corrected chi connectivity index (χ4v) is 2.33. The van der Waals surface area contributed by atoms with Gasteiger partial charge < -0.3 is 11.1 Å². The lowest BCUT2D eigenvalue weighted by molar-refractivity contribution is 0.579. The molecule has 76 valence electrons. The van der Waals surface area contributed by atoms with E-state index in [-0.39, 0.29) is 5.96 Å². The molecule has 0 atom stereocenters. The summed E-state index contributed by atoms with van der Waals surface area (Å²) in [6, 6.07) is 0. The molecule has 1 aliphatic rings. The molecule has 0 heterocycles. The van der Waals surface area contributed by atoms with Gasteiger partial charge in [-0.15, -0.1) is 0 Å². The highest BCUT2D eigenvalue weighted by Crippen LogP contribution is 2.42. The predicted molar refractivity (Wildman–Crippen MR) is 52.4 cm³/mol. The van der Waals surface area contributed by atoms with Crippen LogP contribution < -0.4 is 11.1 Å². The van der Waals surface area contributed by atoms with Gasteiger partial charge in [-0.3, -0.25) is 4.99 Å². The van der Waals surface area contributed by atoms with Crippen molar-refractivity contribution in [1.82, 2.24) is 5.32 Å². The van der Waals surface area contributed by atoms with E-state index in [9.17, 15) is 8.42 Å². The maximum atomic E-state index is 11.3. The summed E-state index contributed by atoms with van der Waals surface area (Å²) in [5, 5.41) is 2.79. The summed E-state index contributed by atoms with van der Waals surface area (Å²) in [6.07, 6.45) is 2.70. The van der Waals surface area contributed by atoms with Crippen molar-refractivity contribution >= 4 is 15.8 Å². The molecule has 3 N–H and O–H groups in total. The maximum absolute atomic E-state index is 11.3. The predicted octanol–water partition coefficient (Wildman–Crippen LogP) is -0.902. The van der Waals surface area contributed by atoms with E-state index >= 15 is 0 Å². The van der Waals surface area contributed by atoms with Gasteiger partial charge >= 0.3 is 0 Å². The third kappa shape index (κ3) is 2.12. The first kappa shape index (κ1) is 10.3. The minimum absolute atomic E-state index is 0.287. The quantitative estimate of drug-likeness (QED) is 0.462. The van der Waals surface area contributed by atoms with Gasteiger partial charge in [0.1, 0.15) is 0 Å². The SMILES string of the molecule is CN=C(N)NCC1(S(C)(=O)=O)CC1. The summed E-state index contributed by atoms with van der Waals surface area (Å²) in [4.78, 5) is 3.69. The summed E-state index contributed by atoms with van der Waals surface area (Å²) < 4.78 is 22.0. The molecule has 0 radical (unpaired) electrons. The molecule has 0 saturated heterocycles. The Morgan fingerprint density at radius 3 is 2.46 bits per heavy atom. The average molecular weight is 205 g/mol. The third-order valence-corrected chi connectivity index (χ3v) is 4.55. The third-order valence-electron chi connectivity index (χ3n) is 2.43. The molecule has 0 aromatic carbocycles.